The Bertz CT molecular complexity index is 1480. The standard InChI is InChI=1S/C23H21F3N6O3S/c1-31-17-5-2-12(20(35)27-10-19(34)32-7-6-14(33)11-32)8-16(17)28-21(31)30-22-29-15-4-3-13(23(24,25)26)9-18(15)36-22/h2-5,8-9,14,33H,6-7,10-11H2,1H3,(H,27,35)(H,28,29,30)/t14-/m1/s1. The number of rotatable bonds is 5. The molecule has 1 fully saturated rings. The van der Waals surface area contributed by atoms with Crippen LogP contribution in [-0.4, -0.2) is 62.1 Å². The fourth-order valence-corrected chi connectivity index (χ4v) is 4.94. The first-order valence-corrected chi connectivity index (χ1v) is 11.9. The molecule has 1 saturated heterocycles. The highest BCUT2D eigenvalue weighted by molar-refractivity contribution is 7.22. The number of alkyl halides is 3. The van der Waals surface area contributed by atoms with Gasteiger partial charge in [-0.15, -0.1) is 0 Å². The first kappa shape index (κ1) is 24.0. The molecule has 188 valence electrons. The molecule has 0 radical (unpaired) electrons. The van der Waals surface area contributed by atoms with Crippen LogP contribution in [-0.2, 0) is 18.0 Å². The van der Waals surface area contributed by atoms with Gasteiger partial charge in [-0.2, -0.15) is 13.2 Å². The lowest BCUT2D eigenvalue weighted by molar-refractivity contribution is -0.137. The molecule has 1 aliphatic rings. The number of aliphatic hydroxyl groups is 1. The number of hydrogen-bond donors (Lipinski definition) is 3. The van der Waals surface area contributed by atoms with Gasteiger partial charge in [0.1, 0.15) is 0 Å². The van der Waals surface area contributed by atoms with Gasteiger partial charge in [-0.25, -0.2) is 9.97 Å². The Balaban J connectivity index is 1.31. The Morgan fingerprint density at radius 1 is 1.17 bits per heavy atom. The number of aromatic nitrogens is 3. The minimum atomic E-state index is -4.43. The molecule has 4 aromatic rings. The third kappa shape index (κ3) is 4.71. The monoisotopic (exact) mass is 518 g/mol. The van der Waals surface area contributed by atoms with E-state index in [1.807, 2.05) is 0 Å². The predicted molar refractivity (Wildman–Crippen MR) is 128 cm³/mol. The van der Waals surface area contributed by atoms with Gasteiger partial charge in [0, 0.05) is 25.7 Å². The van der Waals surface area contributed by atoms with Crippen LogP contribution in [0, 0.1) is 0 Å². The number of halogens is 3. The number of β-amino-alcohol motifs (C(OH)–C–C–N with tert-alkyl or cyclic N) is 1. The van der Waals surface area contributed by atoms with Crippen molar-refractivity contribution in [2.45, 2.75) is 18.7 Å². The summed E-state index contributed by atoms with van der Waals surface area (Å²) in [7, 11) is 1.76. The molecule has 0 aliphatic carbocycles. The molecule has 3 heterocycles. The number of amides is 2. The molecule has 0 saturated carbocycles. The number of anilines is 2. The molecule has 0 bridgehead atoms. The highest BCUT2D eigenvalue weighted by atomic mass is 32.1. The molecule has 5 rings (SSSR count). The molecule has 13 heteroatoms. The van der Waals surface area contributed by atoms with Gasteiger partial charge in [0.25, 0.3) is 5.91 Å². The molecule has 0 unspecified atom stereocenters. The van der Waals surface area contributed by atoms with Crippen molar-refractivity contribution in [2.24, 2.45) is 7.05 Å². The maximum Gasteiger partial charge on any atom is 0.416 e. The number of carbonyl (C=O) groups is 2. The zero-order valence-corrected chi connectivity index (χ0v) is 19.8. The summed E-state index contributed by atoms with van der Waals surface area (Å²) >= 11 is 1.08. The van der Waals surface area contributed by atoms with Crippen molar-refractivity contribution >= 4 is 55.5 Å². The minimum Gasteiger partial charge on any atom is -0.391 e. The molecule has 3 N–H and O–H groups in total. The fourth-order valence-electron chi connectivity index (χ4n) is 4.04. The largest absolute Gasteiger partial charge is 0.416 e. The van der Waals surface area contributed by atoms with Crippen molar-refractivity contribution in [3.63, 3.8) is 0 Å². The first-order chi connectivity index (χ1) is 17.1. The molecule has 1 atom stereocenters. The van der Waals surface area contributed by atoms with Crippen molar-refractivity contribution in [2.75, 3.05) is 25.0 Å². The number of nitrogens with zero attached hydrogens (tertiary/aromatic N) is 4. The van der Waals surface area contributed by atoms with Crippen molar-refractivity contribution in [1.29, 1.82) is 0 Å². The van der Waals surface area contributed by atoms with Gasteiger partial charge in [0.05, 0.1) is 39.5 Å². The van der Waals surface area contributed by atoms with Gasteiger partial charge in [0.15, 0.2) is 5.13 Å². The summed E-state index contributed by atoms with van der Waals surface area (Å²) in [5.41, 5.74) is 1.25. The lowest BCUT2D eigenvalue weighted by Gasteiger charge is -2.15. The Kier molecular flexibility index (Phi) is 6.04. The average Bonchev–Trinajstić information content (AvgIpc) is 3.53. The first-order valence-electron chi connectivity index (χ1n) is 11.0. The van der Waals surface area contributed by atoms with Gasteiger partial charge < -0.3 is 25.2 Å². The quantitative estimate of drug-likeness (QED) is 0.374. The third-order valence-electron chi connectivity index (χ3n) is 5.99. The second-order valence-corrected chi connectivity index (χ2v) is 9.52. The predicted octanol–water partition coefficient (Wildman–Crippen LogP) is 3.27. The van der Waals surface area contributed by atoms with E-state index in [-0.39, 0.29) is 19.0 Å². The van der Waals surface area contributed by atoms with Gasteiger partial charge in [0.2, 0.25) is 11.9 Å². The molecule has 2 aromatic heterocycles. The van der Waals surface area contributed by atoms with Crippen LogP contribution in [0.5, 0.6) is 0 Å². The molecule has 2 aromatic carbocycles. The van der Waals surface area contributed by atoms with Crippen LogP contribution in [0.1, 0.15) is 22.3 Å². The van der Waals surface area contributed by atoms with Crippen LogP contribution in [0.2, 0.25) is 0 Å². The number of carbonyl (C=O) groups excluding carboxylic acids is 2. The van der Waals surface area contributed by atoms with Gasteiger partial charge in [-0.3, -0.25) is 9.59 Å². The molecule has 36 heavy (non-hydrogen) atoms. The number of thiazole rings is 1. The second-order valence-electron chi connectivity index (χ2n) is 8.49. The summed E-state index contributed by atoms with van der Waals surface area (Å²) in [5, 5.41) is 15.6. The summed E-state index contributed by atoms with van der Waals surface area (Å²) in [6.45, 7) is 0.554. The van der Waals surface area contributed by atoms with E-state index in [4.69, 9.17) is 0 Å². The summed E-state index contributed by atoms with van der Waals surface area (Å²) in [6.07, 6.45) is -4.44. The van der Waals surface area contributed by atoms with Crippen LogP contribution in [0.3, 0.4) is 0 Å². The highest BCUT2D eigenvalue weighted by Gasteiger charge is 2.31. The third-order valence-corrected chi connectivity index (χ3v) is 6.93. The summed E-state index contributed by atoms with van der Waals surface area (Å²) in [4.78, 5) is 35.1. The molecule has 1 aliphatic heterocycles. The lowest BCUT2D eigenvalue weighted by Crippen LogP contribution is -2.39. The van der Waals surface area contributed by atoms with Crippen LogP contribution in [0.4, 0.5) is 24.3 Å². The highest BCUT2D eigenvalue weighted by Crippen LogP contribution is 2.35. The van der Waals surface area contributed by atoms with Crippen molar-refractivity contribution in [1.82, 2.24) is 24.8 Å². The van der Waals surface area contributed by atoms with Gasteiger partial charge in [-0.05, 0) is 42.8 Å². The summed E-state index contributed by atoms with van der Waals surface area (Å²) < 4.78 is 41.1. The lowest BCUT2D eigenvalue weighted by atomic mass is 10.2. The SMILES string of the molecule is Cn1c(Nc2nc3ccc(C(F)(F)F)cc3s2)nc2cc(C(=O)NCC(=O)N3CC[C@@H](O)C3)ccc21. The van der Waals surface area contributed by atoms with Crippen molar-refractivity contribution < 1.29 is 27.9 Å². The minimum absolute atomic E-state index is 0.174. The molecule has 2 amide bonds. The number of fused-ring (bicyclic) bond motifs is 2. The zero-order valence-electron chi connectivity index (χ0n) is 19.0. The van der Waals surface area contributed by atoms with Gasteiger partial charge in [-0.1, -0.05) is 11.3 Å². The van der Waals surface area contributed by atoms with E-state index >= 15 is 0 Å². The second kappa shape index (κ2) is 9.06. The van der Waals surface area contributed by atoms with E-state index in [0.29, 0.717) is 45.3 Å². The molecular formula is C23H21F3N6O3S. The topological polar surface area (TPSA) is 112 Å². The smallest absolute Gasteiger partial charge is 0.391 e. The maximum absolute atomic E-state index is 13.0. The number of hydrogen-bond acceptors (Lipinski definition) is 7. The number of benzene rings is 2. The Morgan fingerprint density at radius 3 is 2.69 bits per heavy atom. The van der Waals surface area contributed by atoms with Crippen LogP contribution >= 0.6 is 11.3 Å². The number of aliphatic hydroxyl groups excluding tert-OH is 1. The van der Waals surface area contributed by atoms with Crippen molar-refractivity contribution in [3.05, 3.63) is 47.5 Å². The van der Waals surface area contributed by atoms with E-state index in [0.717, 1.165) is 29.0 Å². The molecule has 9 nitrogen and oxygen atoms in total. The number of imidazole rings is 1. The number of aryl methyl sites for hydroxylation is 1. The fraction of sp³-hybridized carbons (Fsp3) is 0.304. The number of likely N-dealkylation sites (tertiary alicyclic amines) is 1. The van der Waals surface area contributed by atoms with E-state index in [1.165, 1.54) is 11.0 Å². The molecular weight excluding hydrogens is 497 g/mol. The average molecular weight is 519 g/mol. The number of nitrogens with one attached hydrogen (secondary N) is 2. The maximum atomic E-state index is 13.0. The van der Waals surface area contributed by atoms with Crippen LogP contribution in [0.25, 0.3) is 21.3 Å². The Hall–Kier alpha value is -3.71. The summed E-state index contributed by atoms with van der Waals surface area (Å²) in [6, 6.07) is 8.31. The molecule has 0 spiro atoms. The van der Waals surface area contributed by atoms with Crippen molar-refractivity contribution in [3.8, 4) is 0 Å². The van der Waals surface area contributed by atoms with Crippen LogP contribution in [0.15, 0.2) is 36.4 Å². The van der Waals surface area contributed by atoms with E-state index in [2.05, 4.69) is 20.6 Å². The summed E-state index contributed by atoms with van der Waals surface area (Å²) in [5.74, 6) is -0.291. The zero-order chi connectivity index (χ0) is 25.6. The van der Waals surface area contributed by atoms with E-state index < -0.39 is 23.8 Å². The van der Waals surface area contributed by atoms with E-state index in [1.54, 1.807) is 29.8 Å². The Labute approximate surface area is 206 Å². The van der Waals surface area contributed by atoms with Gasteiger partial charge >= 0.3 is 6.18 Å². The Morgan fingerprint density at radius 2 is 1.97 bits per heavy atom. The van der Waals surface area contributed by atoms with E-state index in [9.17, 15) is 27.9 Å². The normalized spacial score (nSPS) is 16.1. The van der Waals surface area contributed by atoms with Crippen LogP contribution < -0.4 is 10.6 Å².